The van der Waals surface area contributed by atoms with Crippen LogP contribution in [-0.2, 0) is 6.18 Å². The van der Waals surface area contributed by atoms with Gasteiger partial charge < -0.3 is 25.8 Å². The van der Waals surface area contributed by atoms with Gasteiger partial charge in [-0.05, 0) is 62.8 Å². The molecule has 2 bridgehead atoms. The predicted molar refractivity (Wildman–Crippen MR) is 158 cm³/mol. The van der Waals surface area contributed by atoms with Gasteiger partial charge in [0.1, 0.15) is 23.8 Å². The lowest BCUT2D eigenvalue weighted by atomic mass is 9.92. The van der Waals surface area contributed by atoms with Crippen molar-refractivity contribution in [2.45, 2.75) is 69.4 Å². The van der Waals surface area contributed by atoms with Crippen molar-refractivity contribution >= 4 is 34.1 Å². The predicted octanol–water partition coefficient (Wildman–Crippen LogP) is 4.56. The van der Waals surface area contributed by atoms with Gasteiger partial charge in [-0.2, -0.15) is 23.1 Å². The lowest BCUT2D eigenvalue weighted by Crippen LogP contribution is -2.53. The number of alkyl halides is 3. The van der Waals surface area contributed by atoms with Crippen molar-refractivity contribution in [2.24, 2.45) is 5.92 Å². The number of nitrogen functional groups attached to an aromatic ring is 1. The number of nitrogens with zero attached hydrogens (tertiary/aromatic N) is 5. The summed E-state index contributed by atoms with van der Waals surface area (Å²) in [5, 5.41) is 13.8. The highest BCUT2D eigenvalue weighted by atomic mass is 35.5. The maximum absolute atomic E-state index is 16.7. The summed E-state index contributed by atoms with van der Waals surface area (Å²) >= 11 is 6.58. The first-order valence-corrected chi connectivity index (χ1v) is 15.3. The molecule has 3 aromatic rings. The number of pyridine rings is 1. The van der Waals surface area contributed by atoms with Crippen molar-refractivity contribution in [3.05, 3.63) is 34.1 Å². The maximum atomic E-state index is 16.7. The molecule has 14 heteroatoms. The van der Waals surface area contributed by atoms with Gasteiger partial charge in [-0.3, -0.25) is 4.90 Å². The van der Waals surface area contributed by atoms with E-state index in [0.29, 0.717) is 37.9 Å². The van der Waals surface area contributed by atoms with E-state index >= 15 is 4.39 Å². The molecular weight excluding hydrogens is 602 g/mol. The first-order chi connectivity index (χ1) is 20.8. The highest BCUT2D eigenvalue weighted by Gasteiger charge is 2.48. The molecule has 2 aromatic heterocycles. The molecule has 4 aliphatic rings. The SMILES string of the molecule is Cc1cc(N)nc(-c2c(Cl)cc3c(N4CC5CC(O)C(C4)N5)nc(OC[C@@]45CCCN4C[C@H](C)C5)nc3c2F)c1C(F)(F)F. The number of hydrogen-bond donors (Lipinski definition) is 3. The molecule has 0 saturated carbocycles. The smallest absolute Gasteiger partial charge is 0.418 e. The van der Waals surface area contributed by atoms with Gasteiger partial charge in [-0.1, -0.05) is 18.5 Å². The zero-order chi connectivity index (χ0) is 31.1. The van der Waals surface area contributed by atoms with Gasteiger partial charge in [0.15, 0.2) is 5.82 Å². The van der Waals surface area contributed by atoms with Crippen LogP contribution in [0, 0.1) is 18.7 Å². The lowest BCUT2D eigenvalue weighted by Gasteiger charge is -2.35. The van der Waals surface area contributed by atoms with Crippen molar-refractivity contribution in [2.75, 3.05) is 43.4 Å². The Labute approximate surface area is 256 Å². The molecule has 4 saturated heterocycles. The number of aromatic nitrogens is 3. The Morgan fingerprint density at radius 1 is 1.20 bits per heavy atom. The number of anilines is 2. The van der Waals surface area contributed by atoms with E-state index < -0.39 is 34.9 Å². The third-order valence-electron chi connectivity index (χ3n) is 9.67. The summed E-state index contributed by atoms with van der Waals surface area (Å²) in [6.07, 6.45) is -1.86. The molecule has 0 spiro atoms. The topological polar surface area (TPSA) is 113 Å². The molecule has 0 amide bonds. The standard InChI is InChI=1S/C30H34ClF4N7O2/c1-14-9-29(4-3-5-42(29)10-14)13-44-28-39-25-17(27(40-28)41-11-16-7-20(43)19(12-41)37-16)8-18(31)22(24(25)32)26-23(30(33,34)35)15(2)6-21(36)38-26/h6,8,14,16,19-20,37,43H,3-5,7,9-13H2,1-2H3,(H2,36,38)/t14-,16?,19?,20?,29+/m1/s1. The first kappa shape index (κ1) is 29.7. The number of nitrogens with two attached hydrogens (primary N) is 1. The number of aliphatic hydroxyl groups excluding tert-OH is 1. The molecule has 6 heterocycles. The Hall–Kier alpha value is -3.00. The second-order valence-corrected chi connectivity index (χ2v) is 13.3. The van der Waals surface area contributed by atoms with Gasteiger partial charge in [0, 0.05) is 31.1 Å². The molecule has 5 atom stereocenters. The van der Waals surface area contributed by atoms with Crippen LogP contribution in [0.25, 0.3) is 22.2 Å². The van der Waals surface area contributed by atoms with E-state index in [9.17, 15) is 18.3 Å². The number of rotatable bonds is 5. The van der Waals surface area contributed by atoms with E-state index in [4.69, 9.17) is 27.1 Å². The molecule has 7 rings (SSSR count). The van der Waals surface area contributed by atoms with Crippen LogP contribution in [0.5, 0.6) is 6.01 Å². The number of nitrogens with one attached hydrogen (secondary N) is 1. The van der Waals surface area contributed by atoms with Crippen molar-refractivity contribution in [1.29, 1.82) is 0 Å². The van der Waals surface area contributed by atoms with Crippen molar-refractivity contribution in [1.82, 2.24) is 25.2 Å². The molecule has 3 unspecified atom stereocenters. The fourth-order valence-electron chi connectivity index (χ4n) is 7.93. The van der Waals surface area contributed by atoms with Crippen LogP contribution in [0.4, 0.5) is 29.2 Å². The highest BCUT2D eigenvalue weighted by Crippen LogP contribution is 2.45. The number of aliphatic hydroxyl groups is 1. The quantitative estimate of drug-likeness (QED) is 0.348. The summed E-state index contributed by atoms with van der Waals surface area (Å²) in [5.74, 6) is -0.419. The van der Waals surface area contributed by atoms with E-state index in [1.807, 2.05) is 4.90 Å². The van der Waals surface area contributed by atoms with E-state index in [0.717, 1.165) is 38.4 Å². The minimum atomic E-state index is -4.85. The lowest BCUT2D eigenvalue weighted by molar-refractivity contribution is -0.137. The molecule has 4 fully saturated rings. The van der Waals surface area contributed by atoms with Gasteiger partial charge in [0.2, 0.25) is 0 Å². The minimum Gasteiger partial charge on any atom is -0.461 e. The molecular formula is C30H34ClF4N7O2. The first-order valence-electron chi connectivity index (χ1n) is 14.9. The number of hydrogen-bond acceptors (Lipinski definition) is 9. The van der Waals surface area contributed by atoms with Crippen LogP contribution >= 0.6 is 11.6 Å². The number of halogens is 5. The van der Waals surface area contributed by atoms with Gasteiger partial charge >= 0.3 is 12.2 Å². The zero-order valence-electron chi connectivity index (χ0n) is 24.4. The summed E-state index contributed by atoms with van der Waals surface area (Å²) < 4.78 is 65.6. The Bertz CT molecular complexity index is 1640. The molecule has 0 aliphatic carbocycles. The second-order valence-electron chi connectivity index (χ2n) is 12.9. The molecule has 1 aromatic carbocycles. The number of fused-ring (bicyclic) bond motifs is 4. The Kier molecular flexibility index (Phi) is 7.11. The molecule has 4 aliphatic heterocycles. The van der Waals surface area contributed by atoms with Crippen molar-refractivity contribution in [3.63, 3.8) is 0 Å². The Balaban J connectivity index is 1.38. The molecule has 0 radical (unpaired) electrons. The molecule has 9 nitrogen and oxygen atoms in total. The molecule has 4 N–H and O–H groups in total. The summed E-state index contributed by atoms with van der Waals surface area (Å²) in [5.41, 5.74) is 2.87. The van der Waals surface area contributed by atoms with E-state index in [-0.39, 0.29) is 50.9 Å². The van der Waals surface area contributed by atoms with Crippen LogP contribution in [-0.4, -0.2) is 81.5 Å². The van der Waals surface area contributed by atoms with Crippen LogP contribution in [0.2, 0.25) is 5.02 Å². The van der Waals surface area contributed by atoms with Crippen LogP contribution in [0.15, 0.2) is 12.1 Å². The number of piperazine rings is 1. The average Bonchev–Trinajstić information content (AvgIpc) is 3.54. The fraction of sp³-hybridized carbons (Fsp3) is 0.567. The molecule has 44 heavy (non-hydrogen) atoms. The van der Waals surface area contributed by atoms with Gasteiger partial charge in [0.05, 0.1) is 39.5 Å². The normalized spacial score (nSPS) is 28.7. The zero-order valence-corrected chi connectivity index (χ0v) is 25.1. The minimum absolute atomic E-state index is 0.0162. The van der Waals surface area contributed by atoms with Crippen molar-refractivity contribution in [3.8, 4) is 17.3 Å². The van der Waals surface area contributed by atoms with Crippen LogP contribution < -0.4 is 20.7 Å². The van der Waals surface area contributed by atoms with Gasteiger partial charge in [-0.15, -0.1) is 0 Å². The maximum Gasteiger partial charge on any atom is 0.418 e. The van der Waals surface area contributed by atoms with Crippen LogP contribution in [0.3, 0.4) is 0 Å². The fourth-order valence-corrected chi connectivity index (χ4v) is 8.21. The summed E-state index contributed by atoms with van der Waals surface area (Å²) in [4.78, 5) is 17.4. The van der Waals surface area contributed by atoms with Crippen molar-refractivity contribution < 1.29 is 27.4 Å². The van der Waals surface area contributed by atoms with E-state index in [2.05, 4.69) is 27.1 Å². The van der Waals surface area contributed by atoms with E-state index in [1.54, 1.807) is 0 Å². The number of aryl methyl sites for hydroxylation is 1. The third kappa shape index (κ3) is 4.92. The summed E-state index contributed by atoms with van der Waals surface area (Å²) in [7, 11) is 0. The number of ether oxygens (including phenoxy) is 1. The van der Waals surface area contributed by atoms with Gasteiger partial charge in [-0.25, -0.2) is 9.37 Å². The number of benzene rings is 1. The summed E-state index contributed by atoms with van der Waals surface area (Å²) in [6.45, 7) is 6.57. The van der Waals surface area contributed by atoms with Gasteiger partial charge in [0.25, 0.3) is 0 Å². The Morgan fingerprint density at radius 3 is 2.75 bits per heavy atom. The highest BCUT2D eigenvalue weighted by molar-refractivity contribution is 6.34. The summed E-state index contributed by atoms with van der Waals surface area (Å²) in [6, 6.07) is 2.17. The van der Waals surface area contributed by atoms with E-state index in [1.165, 1.54) is 13.0 Å². The molecule has 236 valence electrons. The van der Waals surface area contributed by atoms with Crippen LogP contribution in [0.1, 0.15) is 43.7 Å². The second kappa shape index (κ2) is 10.5. The third-order valence-corrected chi connectivity index (χ3v) is 9.97. The monoisotopic (exact) mass is 635 g/mol. The average molecular weight is 636 g/mol. The largest absolute Gasteiger partial charge is 0.461 e. The Morgan fingerprint density at radius 2 is 2.00 bits per heavy atom.